The van der Waals surface area contributed by atoms with Gasteiger partial charge in [0.05, 0.1) is 5.54 Å². The van der Waals surface area contributed by atoms with Crippen LogP contribution in [0, 0.1) is 0 Å². The fourth-order valence-corrected chi connectivity index (χ4v) is 7.05. The molecule has 3 aliphatic heterocycles. The number of benzene rings is 2. The fourth-order valence-electron chi connectivity index (χ4n) is 5.97. The Labute approximate surface area is 212 Å². The molecule has 1 aromatic heterocycles. The lowest BCUT2D eigenvalue weighted by atomic mass is 9.74. The van der Waals surface area contributed by atoms with Crippen molar-refractivity contribution in [2.75, 3.05) is 18.3 Å². The second-order valence-electron chi connectivity index (χ2n) is 9.76. The Morgan fingerprint density at radius 2 is 1.92 bits per heavy atom. The second-order valence-corrected chi connectivity index (χ2v) is 10.8. The maximum absolute atomic E-state index is 13.9. The minimum absolute atomic E-state index is 0.0157. The first-order chi connectivity index (χ1) is 17.6. The summed E-state index contributed by atoms with van der Waals surface area (Å²) in [6.07, 6.45) is 8.36. The molecule has 1 saturated carbocycles. The predicted molar refractivity (Wildman–Crippen MR) is 137 cm³/mol. The van der Waals surface area contributed by atoms with Gasteiger partial charge in [0.1, 0.15) is 25.1 Å². The lowest BCUT2D eigenvalue weighted by Gasteiger charge is -2.54. The van der Waals surface area contributed by atoms with E-state index in [1.54, 1.807) is 22.6 Å². The van der Waals surface area contributed by atoms with Crippen LogP contribution in [0.5, 0.6) is 11.5 Å². The minimum Gasteiger partial charge on any atom is -0.502 e. The van der Waals surface area contributed by atoms with Gasteiger partial charge in [-0.05, 0) is 48.6 Å². The third kappa shape index (κ3) is 3.00. The van der Waals surface area contributed by atoms with E-state index in [0.29, 0.717) is 13.3 Å². The van der Waals surface area contributed by atoms with Crippen LogP contribution in [0.25, 0.3) is 0 Å². The van der Waals surface area contributed by atoms with E-state index >= 15 is 0 Å². The Morgan fingerprint density at radius 1 is 1.06 bits per heavy atom. The van der Waals surface area contributed by atoms with Gasteiger partial charge >= 0.3 is 0 Å². The summed E-state index contributed by atoms with van der Waals surface area (Å²) in [6, 6.07) is 15.5. The Bertz CT molecular complexity index is 1490. The number of pyridine rings is 1. The van der Waals surface area contributed by atoms with E-state index in [1.165, 1.54) is 6.07 Å². The van der Waals surface area contributed by atoms with Crippen molar-refractivity contribution in [1.82, 2.24) is 9.58 Å². The zero-order chi connectivity index (χ0) is 24.4. The zero-order valence-corrected chi connectivity index (χ0v) is 20.4. The zero-order valence-electron chi connectivity index (χ0n) is 19.6. The number of ether oxygens (including phenoxy) is 1. The van der Waals surface area contributed by atoms with Crippen molar-refractivity contribution in [2.24, 2.45) is 0 Å². The Morgan fingerprint density at radius 3 is 2.75 bits per heavy atom. The Kier molecular flexibility index (Phi) is 4.76. The SMILES string of the molecule is O=C1c2c(O)c(=O)ccn2N2CN1C1(/C=C/COc3cccc4c3C2c2ccccc2SC4)CCC1. The molecule has 2 aromatic carbocycles. The third-order valence-electron chi connectivity index (χ3n) is 7.91. The highest BCUT2D eigenvalue weighted by molar-refractivity contribution is 7.98. The van der Waals surface area contributed by atoms with Crippen molar-refractivity contribution in [3.05, 3.63) is 99.5 Å². The van der Waals surface area contributed by atoms with Crippen LogP contribution in [-0.4, -0.2) is 39.4 Å². The third-order valence-corrected chi connectivity index (χ3v) is 9.05. The molecule has 1 spiro atoms. The average Bonchev–Trinajstić information content (AvgIpc) is 3.04. The number of carbonyl (C=O) groups excluding carboxylic acids is 1. The fraction of sp³-hybridized carbons (Fsp3) is 0.286. The summed E-state index contributed by atoms with van der Waals surface area (Å²) in [5.41, 5.74) is 2.30. The summed E-state index contributed by atoms with van der Waals surface area (Å²) in [5.74, 6) is 0.764. The van der Waals surface area contributed by atoms with E-state index < -0.39 is 16.7 Å². The van der Waals surface area contributed by atoms with Crippen molar-refractivity contribution >= 4 is 17.7 Å². The molecule has 0 radical (unpaired) electrons. The Hall–Kier alpha value is -3.65. The van der Waals surface area contributed by atoms with Gasteiger partial charge < -0.3 is 14.7 Å². The number of rotatable bonds is 0. The van der Waals surface area contributed by atoms with Gasteiger partial charge in [-0.3, -0.25) is 19.3 Å². The summed E-state index contributed by atoms with van der Waals surface area (Å²) in [4.78, 5) is 29.4. The molecule has 1 unspecified atom stereocenters. The van der Waals surface area contributed by atoms with Gasteiger partial charge in [0.15, 0.2) is 11.4 Å². The lowest BCUT2D eigenvalue weighted by molar-refractivity contribution is 0.0255. The minimum atomic E-state index is -0.555. The number of hydrogen-bond donors (Lipinski definition) is 1. The van der Waals surface area contributed by atoms with E-state index in [2.05, 4.69) is 29.3 Å². The standard InChI is InChI=1S/C28H25N3O4S/c32-20-10-14-30-25(26(20)33)27(34)29-17-31(30)24-19-7-1-2-9-22(19)36-16-18-6-3-8-21(23(18)24)35-15-5-13-28(29)11-4-12-28/h1-3,5-10,13-14,24,33H,4,11-12,15-17H2/b13-5+. The molecule has 36 heavy (non-hydrogen) atoms. The second kappa shape index (κ2) is 7.93. The first kappa shape index (κ1) is 21.6. The monoisotopic (exact) mass is 499 g/mol. The maximum Gasteiger partial charge on any atom is 0.278 e. The van der Waals surface area contributed by atoms with Crippen LogP contribution in [0.1, 0.15) is 52.5 Å². The van der Waals surface area contributed by atoms with Crippen LogP contribution in [0.3, 0.4) is 0 Å². The van der Waals surface area contributed by atoms with Gasteiger partial charge in [0, 0.05) is 28.5 Å². The number of hydrogen-bond acceptors (Lipinski definition) is 6. The first-order valence-electron chi connectivity index (χ1n) is 12.2. The summed E-state index contributed by atoms with van der Waals surface area (Å²) in [5, 5.41) is 13.0. The van der Waals surface area contributed by atoms with E-state index in [9.17, 15) is 14.7 Å². The van der Waals surface area contributed by atoms with Crippen LogP contribution < -0.4 is 15.2 Å². The Balaban J connectivity index is 1.56. The van der Waals surface area contributed by atoms with Crippen LogP contribution in [0.15, 0.2) is 76.6 Å². The highest BCUT2D eigenvalue weighted by atomic mass is 32.2. The quantitative estimate of drug-likeness (QED) is 0.468. The number of thioether (sulfide) groups is 1. The molecule has 0 saturated heterocycles. The van der Waals surface area contributed by atoms with Crippen LogP contribution in [-0.2, 0) is 5.75 Å². The van der Waals surface area contributed by atoms with E-state index in [0.717, 1.165) is 52.4 Å². The van der Waals surface area contributed by atoms with Crippen LogP contribution in [0.4, 0.5) is 0 Å². The van der Waals surface area contributed by atoms with Crippen molar-refractivity contribution in [3.8, 4) is 11.5 Å². The number of aromatic nitrogens is 1. The highest BCUT2D eigenvalue weighted by Crippen LogP contribution is 2.48. The topological polar surface area (TPSA) is 75.0 Å². The van der Waals surface area contributed by atoms with Crippen LogP contribution >= 0.6 is 11.8 Å². The lowest BCUT2D eigenvalue weighted by Crippen LogP contribution is -2.64. The molecule has 7 rings (SSSR count). The summed E-state index contributed by atoms with van der Waals surface area (Å²) in [7, 11) is 0. The maximum atomic E-state index is 13.9. The molecule has 1 N–H and O–H groups in total. The largest absolute Gasteiger partial charge is 0.502 e. The molecule has 3 aromatic rings. The number of amides is 1. The smallest absolute Gasteiger partial charge is 0.278 e. The molecule has 4 aliphatic rings. The molecule has 8 heteroatoms. The van der Waals surface area contributed by atoms with Crippen molar-refractivity contribution in [3.63, 3.8) is 0 Å². The molecule has 7 nitrogen and oxygen atoms in total. The van der Waals surface area contributed by atoms with Gasteiger partial charge in [-0.2, -0.15) is 0 Å². The molecular formula is C28H25N3O4S. The number of carbonyl (C=O) groups is 1. The summed E-state index contributed by atoms with van der Waals surface area (Å²) < 4.78 is 8.05. The highest BCUT2D eigenvalue weighted by Gasteiger charge is 2.49. The molecule has 1 atom stereocenters. The predicted octanol–water partition coefficient (Wildman–Crippen LogP) is 4.17. The van der Waals surface area contributed by atoms with Gasteiger partial charge in [-0.1, -0.05) is 36.4 Å². The molecular weight excluding hydrogens is 474 g/mol. The average molecular weight is 500 g/mol. The molecule has 2 bridgehead atoms. The molecule has 1 amide bonds. The van der Waals surface area contributed by atoms with Gasteiger partial charge in [-0.15, -0.1) is 11.8 Å². The normalized spacial score (nSPS) is 22.2. The van der Waals surface area contributed by atoms with Gasteiger partial charge in [0.25, 0.3) is 5.91 Å². The number of fused-ring (bicyclic) bond motifs is 8. The number of nitrogens with zero attached hydrogens (tertiary/aromatic N) is 3. The first-order valence-corrected chi connectivity index (χ1v) is 13.2. The van der Waals surface area contributed by atoms with Crippen LogP contribution in [0.2, 0.25) is 0 Å². The molecule has 182 valence electrons. The van der Waals surface area contributed by atoms with E-state index in [1.807, 2.05) is 35.2 Å². The van der Waals surface area contributed by atoms with E-state index in [-0.39, 0.29) is 17.6 Å². The molecule has 1 aliphatic carbocycles. The van der Waals surface area contributed by atoms with Gasteiger partial charge in [-0.25, -0.2) is 0 Å². The summed E-state index contributed by atoms with van der Waals surface area (Å²) >= 11 is 1.78. The van der Waals surface area contributed by atoms with Crippen molar-refractivity contribution < 1.29 is 14.6 Å². The van der Waals surface area contributed by atoms with Gasteiger partial charge in [0.2, 0.25) is 5.43 Å². The van der Waals surface area contributed by atoms with Crippen molar-refractivity contribution in [1.29, 1.82) is 0 Å². The molecule has 1 fully saturated rings. The van der Waals surface area contributed by atoms with E-state index in [4.69, 9.17) is 4.74 Å². The van der Waals surface area contributed by atoms with Crippen molar-refractivity contribution in [2.45, 2.75) is 41.5 Å². The summed E-state index contributed by atoms with van der Waals surface area (Å²) in [6.45, 7) is 0.716. The number of aromatic hydroxyl groups is 1. The molecule has 4 heterocycles.